The molecule has 0 aliphatic carbocycles. The van der Waals surface area contributed by atoms with Crippen LogP contribution in [0.25, 0.3) is 127 Å². The molecule has 4 heteroatoms. The van der Waals surface area contributed by atoms with Crippen LogP contribution >= 0.6 is 22.7 Å². The molecule has 258 valence electrons. The minimum atomic E-state index is 1.23. The zero-order valence-corrected chi connectivity index (χ0v) is 31.5. The van der Waals surface area contributed by atoms with Crippen molar-refractivity contribution in [2.75, 3.05) is 0 Å². The summed E-state index contributed by atoms with van der Waals surface area (Å²) < 4.78 is 10.3. The Labute approximate surface area is 327 Å². The molecule has 0 unspecified atom stereocenters. The molecule has 14 rings (SSSR count). The molecule has 0 bridgehead atoms. The first-order valence-corrected chi connectivity index (χ1v) is 20.8. The van der Waals surface area contributed by atoms with Crippen molar-refractivity contribution in [2.24, 2.45) is 0 Å². The van der Waals surface area contributed by atoms with Crippen LogP contribution in [0.3, 0.4) is 0 Å². The third-order valence-corrected chi connectivity index (χ3v) is 14.7. The van der Waals surface area contributed by atoms with Crippen LogP contribution in [0.5, 0.6) is 0 Å². The van der Waals surface area contributed by atoms with Gasteiger partial charge < -0.3 is 8.80 Å². The molecule has 0 saturated heterocycles. The van der Waals surface area contributed by atoms with Crippen molar-refractivity contribution in [3.05, 3.63) is 170 Å². The van der Waals surface area contributed by atoms with E-state index in [1.54, 1.807) is 0 Å². The molecular formula is C52H28N2S2. The molecule has 0 N–H and O–H groups in total. The number of rotatable bonds is 1. The summed E-state index contributed by atoms with van der Waals surface area (Å²) in [6, 6.07) is 59.1. The second kappa shape index (κ2) is 10.5. The van der Waals surface area contributed by atoms with Gasteiger partial charge in [0.05, 0.1) is 22.1 Å². The molecule has 0 radical (unpaired) electrons. The van der Waals surface area contributed by atoms with Gasteiger partial charge >= 0.3 is 0 Å². The molecule has 6 heterocycles. The van der Waals surface area contributed by atoms with Gasteiger partial charge in [0.25, 0.3) is 0 Å². The van der Waals surface area contributed by atoms with Gasteiger partial charge in [0.1, 0.15) is 0 Å². The molecule has 0 spiro atoms. The summed E-state index contributed by atoms with van der Waals surface area (Å²) in [4.78, 5) is 0. The van der Waals surface area contributed by atoms with Crippen molar-refractivity contribution in [3.8, 4) is 11.1 Å². The Morgan fingerprint density at radius 1 is 0.304 bits per heavy atom. The summed E-state index contributed by atoms with van der Waals surface area (Å²) in [5.74, 6) is 0. The lowest BCUT2D eigenvalue weighted by Gasteiger charge is -2.17. The van der Waals surface area contributed by atoms with Gasteiger partial charge in [-0.05, 0) is 46.7 Å². The van der Waals surface area contributed by atoms with Crippen LogP contribution in [0.15, 0.2) is 170 Å². The number of pyridine rings is 2. The topological polar surface area (TPSA) is 8.82 Å². The fraction of sp³-hybridized carbons (Fsp3) is 0. The SMILES string of the molecule is c1ccc2c(c1)cn1c3c(-c4ccc5c(c4)c4ccc6sc7ccccc7c6c4n4cc6ccccc6c54)cc4sc5ccccc5c4c3c3ccccc3c21. The van der Waals surface area contributed by atoms with Gasteiger partial charge in [0, 0.05) is 101 Å². The third-order valence-electron chi connectivity index (χ3n) is 12.4. The number of thiophene rings is 2. The summed E-state index contributed by atoms with van der Waals surface area (Å²) in [6.07, 6.45) is 4.72. The van der Waals surface area contributed by atoms with E-state index in [0.717, 1.165) is 0 Å². The predicted molar refractivity (Wildman–Crippen MR) is 245 cm³/mol. The van der Waals surface area contributed by atoms with E-state index >= 15 is 0 Å². The van der Waals surface area contributed by atoms with Crippen molar-refractivity contribution < 1.29 is 0 Å². The molecule has 8 aromatic carbocycles. The average Bonchev–Trinajstić information content (AvgIpc) is 4.03. The summed E-state index contributed by atoms with van der Waals surface area (Å²) >= 11 is 3.80. The Hall–Kier alpha value is -6.72. The molecule has 14 aromatic rings. The Morgan fingerprint density at radius 2 is 0.821 bits per heavy atom. The molecule has 0 aliphatic heterocycles. The summed E-state index contributed by atoms with van der Waals surface area (Å²) in [5, 5.41) is 18.2. The average molecular weight is 745 g/mol. The lowest BCUT2D eigenvalue weighted by atomic mass is 9.92. The maximum absolute atomic E-state index is 2.51. The predicted octanol–water partition coefficient (Wildman–Crippen LogP) is 15.5. The zero-order chi connectivity index (χ0) is 36.2. The van der Waals surface area contributed by atoms with E-state index < -0.39 is 0 Å². The van der Waals surface area contributed by atoms with Crippen LogP contribution < -0.4 is 0 Å². The molecule has 0 amide bonds. The van der Waals surface area contributed by atoms with Gasteiger partial charge in [-0.3, -0.25) is 0 Å². The lowest BCUT2D eigenvalue weighted by Crippen LogP contribution is -1.95. The van der Waals surface area contributed by atoms with Crippen LogP contribution in [-0.2, 0) is 0 Å². The molecule has 6 aromatic heterocycles. The van der Waals surface area contributed by atoms with Crippen molar-refractivity contribution in [3.63, 3.8) is 0 Å². The van der Waals surface area contributed by atoms with Crippen molar-refractivity contribution in [1.82, 2.24) is 8.80 Å². The van der Waals surface area contributed by atoms with Gasteiger partial charge in [0.2, 0.25) is 0 Å². The summed E-state index contributed by atoms with van der Waals surface area (Å²) in [5.41, 5.74) is 7.57. The maximum atomic E-state index is 2.51. The maximum Gasteiger partial charge on any atom is 0.0628 e. The number of hydrogen-bond acceptors (Lipinski definition) is 2. The molecule has 0 saturated carbocycles. The van der Waals surface area contributed by atoms with E-state index in [9.17, 15) is 0 Å². The first kappa shape index (κ1) is 29.6. The van der Waals surface area contributed by atoms with Crippen LogP contribution in [0.4, 0.5) is 0 Å². The van der Waals surface area contributed by atoms with Gasteiger partial charge in [-0.2, -0.15) is 0 Å². The zero-order valence-electron chi connectivity index (χ0n) is 29.9. The number of aromatic nitrogens is 2. The van der Waals surface area contributed by atoms with Gasteiger partial charge in [-0.15, -0.1) is 22.7 Å². The Morgan fingerprint density at radius 3 is 1.54 bits per heavy atom. The smallest absolute Gasteiger partial charge is 0.0628 e. The summed E-state index contributed by atoms with van der Waals surface area (Å²) in [6.45, 7) is 0. The van der Waals surface area contributed by atoms with Crippen LogP contribution in [-0.4, -0.2) is 8.80 Å². The van der Waals surface area contributed by atoms with Crippen LogP contribution in [0.2, 0.25) is 0 Å². The van der Waals surface area contributed by atoms with Crippen LogP contribution in [0, 0.1) is 0 Å². The van der Waals surface area contributed by atoms with E-state index in [0.29, 0.717) is 0 Å². The number of hydrogen-bond donors (Lipinski definition) is 0. The first-order chi connectivity index (χ1) is 27.8. The Balaban J connectivity index is 1.21. The molecule has 0 atom stereocenters. The highest BCUT2D eigenvalue weighted by atomic mass is 32.1. The largest absolute Gasteiger partial charge is 0.314 e. The van der Waals surface area contributed by atoms with E-state index in [1.165, 1.54) is 127 Å². The highest BCUT2D eigenvalue weighted by molar-refractivity contribution is 7.26. The minimum Gasteiger partial charge on any atom is -0.314 e. The minimum absolute atomic E-state index is 1.23. The van der Waals surface area contributed by atoms with Crippen molar-refractivity contribution in [1.29, 1.82) is 0 Å². The summed E-state index contributed by atoms with van der Waals surface area (Å²) in [7, 11) is 0. The van der Waals surface area contributed by atoms with Gasteiger partial charge in [0.15, 0.2) is 0 Å². The van der Waals surface area contributed by atoms with E-state index in [2.05, 4.69) is 179 Å². The number of nitrogens with zero attached hydrogens (tertiary/aromatic N) is 2. The second-order valence-corrected chi connectivity index (χ2v) is 17.4. The molecule has 0 fully saturated rings. The molecule has 2 nitrogen and oxygen atoms in total. The highest BCUT2D eigenvalue weighted by Crippen LogP contribution is 2.49. The number of fused-ring (bicyclic) bond motifs is 24. The molecule has 56 heavy (non-hydrogen) atoms. The van der Waals surface area contributed by atoms with Gasteiger partial charge in [-0.25, -0.2) is 0 Å². The fourth-order valence-corrected chi connectivity index (χ4v) is 12.4. The Bertz CT molecular complexity index is 4060. The van der Waals surface area contributed by atoms with Crippen molar-refractivity contribution >= 4 is 139 Å². The lowest BCUT2D eigenvalue weighted by molar-refractivity contribution is 1.30. The molecule has 0 aliphatic rings. The van der Waals surface area contributed by atoms with E-state index in [-0.39, 0.29) is 0 Å². The normalized spacial score (nSPS) is 12.6. The standard InChI is InChI=1S/C52H28N2S2/c1-3-13-32-31(12-1)28-54-49(32)35-16-6-5-15-34(35)48-46-38-17-7-9-19-42(38)56-45(46)26-40(52(48)54)29-21-22-36-41(25-29)37-23-24-44-47(39-18-8-10-20-43(39)55-44)51(37)53-27-30-11-2-4-14-33(30)50(36)53/h1-28H. The first-order valence-electron chi connectivity index (χ1n) is 19.2. The quantitative estimate of drug-likeness (QED) is 0.148. The van der Waals surface area contributed by atoms with E-state index in [1.807, 2.05) is 22.7 Å². The Kier molecular flexibility index (Phi) is 5.56. The molecular weight excluding hydrogens is 717 g/mol. The third kappa shape index (κ3) is 3.66. The van der Waals surface area contributed by atoms with Crippen molar-refractivity contribution in [2.45, 2.75) is 0 Å². The fourth-order valence-electron chi connectivity index (χ4n) is 10.1. The highest BCUT2D eigenvalue weighted by Gasteiger charge is 2.23. The van der Waals surface area contributed by atoms with E-state index in [4.69, 9.17) is 0 Å². The monoisotopic (exact) mass is 744 g/mol. The van der Waals surface area contributed by atoms with Gasteiger partial charge in [-0.1, -0.05) is 127 Å². The second-order valence-electron chi connectivity index (χ2n) is 15.2. The van der Waals surface area contributed by atoms with Crippen LogP contribution in [0.1, 0.15) is 0 Å². The number of benzene rings is 8.